The van der Waals surface area contributed by atoms with Gasteiger partial charge in [-0.05, 0) is 66.6 Å². The van der Waals surface area contributed by atoms with E-state index in [4.69, 9.17) is 14.0 Å². The van der Waals surface area contributed by atoms with Gasteiger partial charge in [-0.2, -0.15) is 0 Å². The Morgan fingerprint density at radius 2 is 2.08 bits per heavy atom. The zero-order chi connectivity index (χ0) is 18.4. The van der Waals surface area contributed by atoms with Crippen molar-refractivity contribution in [1.29, 1.82) is 0 Å². The van der Waals surface area contributed by atoms with Gasteiger partial charge in [-0.15, -0.1) is 0 Å². The first-order chi connectivity index (χ1) is 12.0. The van der Waals surface area contributed by atoms with Crippen molar-refractivity contribution in [1.82, 2.24) is 5.16 Å². The van der Waals surface area contributed by atoms with Crippen molar-refractivity contribution < 1.29 is 18.9 Å². The van der Waals surface area contributed by atoms with Crippen molar-refractivity contribution in [3.05, 3.63) is 42.8 Å². The molecule has 1 aromatic carbocycles. The molecule has 0 saturated heterocycles. The predicted octanol–water partition coefficient (Wildman–Crippen LogP) is 4.85. The Kier molecular flexibility index (Phi) is 6.80. The molecule has 7 nitrogen and oxygen atoms in total. The van der Waals surface area contributed by atoms with E-state index in [-0.39, 0.29) is 17.1 Å². The van der Waals surface area contributed by atoms with Crippen molar-refractivity contribution in [2.75, 3.05) is 13.2 Å². The van der Waals surface area contributed by atoms with Gasteiger partial charge in [-0.3, -0.25) is 10.1 Å². The van der Waals surface area contributed by atoms with Crippen LogP contribution in [0.2, 0.25) is 0 Å². The molecule has 8 heteroatoms. The van der Waals surface area contributed by atoms with E-state index in [9.17, 15) is 10.1 Å². The number of hydrogen-bond donors (Lipinski definition) is 0. The summed E-state index contributed by atoms with van der Waals surface area (Å²) in [4.78, 5) is 10.6. The summed E-state index contributed by atoms with van der Waals surface area (Å²) in [5.41, 5.74) is 0.941. The molecule has 0 aliphatic carbocycles. The van der Waals surface area contributed by atoms with Gasteiger partial charge in [0.15, 0.2) is 17.2 Å². The van der Waals surface area contributed by atoms with E-state index in [0.717, 1.165) is 15.6 Å². The summed E-state index contributed by atoms with van der Waals surface area (Å²) < 4.78 is 17.4. The third-order valence-corrected chi connectivity index (χ3v) is 4.05. The second kappa shape index (κ2) is 8.84. The fourth-order valence-electron chi connectivity index (χ4n) is 2.18. The maximum Gasteiger partial charge on any atom is 0.338 e. The number of halogens is 1. The lowest BCUT2D eigenvalue weighted by Gasteiger charge is -2.14. The van der Waals surface area contributed by atoms with Crippen LogP contribution in [-0.2, 0) is 0 Å². The number of nitro groups is 1. The second-order valence-electron chi connectivity index (χ2n) is 5.18. The maximum absolute atomic E-state index is 11.1. The zero-order valence-electron chi connectivity index (χ0n) is 14.2. The molecule has 1 heterocycles. The molecule has 0 bridgehead atoms. The van der Waals surface area contributed by atoms with E-state index >= 15 is 0 Å². The van der Waals surface area contributed by atoms with Crippen molar-refractivity contribution in [2.24, 2.45) is 0 Å². The molecule has 1 aromatic heterocycles. The Morgan fingerprint density at radius 3 is 2.72 bits per heavy atom. The largest absolute Gasteiger partial charge is 0.490 e. The quantitative estimate of drug-likeness (QED) is 0.319. The average molecular weight is 458 g/mol. The van der Waals surface area contributed by atoms with Gasteiger partial charge in [0.1, 0.15) is 0 Å². The van der Waals surface area contributed by atoms with Crippen LogP contribution in [0, 0.1) is 20.6 Å². The minimum atomic E-state index is -0.497. The molecule has 0 spiro atoms. The van der Waals surface area contributed by atoms with Crippen LogP contribution in [-0.4, -0.2) is 23.3 Å². The first-order valence-corrected chi connectivity index (χ1v) is 8.93. The lowest BCUT2D eigenvalue weighted by atomic mass is 10.1. The standard InChI is InChI=1S/C17H19IN2O5/c1-4-8-24-17-13(18)9-12(10-15(17)23-5-2)6-7-14-16(20(21)22)11(3)19-25-14/h6-7,9-10H,4-5,8H2,1-3H3/b7-6+. The molecule has 0 unspecified atom stereocenters. The number of aryl methyl sites for hydroxylation is 1. The van der Waals surface area contributed by atoms with Gasteiger partial charge in [0.25, 0.3) is 0 Å². The van der Waals surface area contributed by atoms with Crippen molar-refractivity contribution >= 4 is 40.4 Å². The van der Waals surface area contributed by atoms with E-state index in [1.807, 2.05) is 26.0 Å². The van der Waals surface area contributed by atoms with Crippen LogP contribution in [0.4, 0.5) is 5.69 Å². The minimum absolute atomic E-state index is 0.113. The van der Waals surface area contributed by atoms with Gasteiger partial charge >= 0.3 is 5.69 Å². The van der Waals surface area contributed by atoms with Crippen LogP contribution in [0.5, 0.6) is 11.5 Å². The van der Waals surface area contributed by atoms with Gasteiger partial charge < -0.3 is 14.0 Å². The molecule has 25 heavy (non-hydrogen) atoms. The van der Waals surface area contributed by atoms with Gasteiger partial charge in [0.2, 0.25) is 5.76 Å². The van der Waals surface area contributed by atoms with Crippen LogP contribution in [0.25, 0.3) is 12.2 Å². The van der Waals surface area contributed by atoms with Gasteiger partial charge in [-0.1, -0.05) is 18.2 Å². The highest BCUT2D eigenvalue weighted by atomic mass is 127. The number of benzene rings is 1. The van der Waals surface area contributed by atoms with E-state index in [2.05, 4.69) is 27.7 Å². The van der Waals surface area contributed by atoms with Crippen LogP contribution < -0.4 is 9.47 Å². The summed E-state index contributed by atoms with van der Waals surface area (Å²) in [6.45, 7) is 6.60. The molecule has 0 aliphatic rings. The van der Waals surface area contributed by atoms with E-state index in [0.29, 0.717) is 24.7 Å². The Hall–Kier alpha value is -2.10. The van der Waals surface area contributed by atoms with Crippen LogP contribution in [0.15, 0.2) is 16.7 Å². The highest BCUT2D eigenvalue weighted by molar-refractivity contribution is 14.1. The highest BCUT2D eigenvalue weighted by Gasteiger charge is 2.22. The number of nitrogens with zero attached hydrogens (tertiary/aromatic N) is 2. The first kappa shape index (κ1) is 19.2. The minimum Gasteiger partial charge on any atom is -0.490 e. The van der Waals surface area contributed by atoms with Crippen LogP contribution in [0.1, 0.15) is 37.3 Å². The monoisotopic (exact) mass is 458 g/mol. The number of ether oxygens (including phenoxy) is 2. The molecule has 0 aliphatic heterocycles. The smallest absolute Gasteiger partial charge is 0.338 e. The van der Waals surface area contributed by atoms with E-state index in [1.165, 1.54) is 13.0 Å². The summed E-state index contributed by atoms with van der Waals surface area (Å²) in [6.07, 6.45) is 4.16. The lowest BCUT2D eigenvalue weighted by molar-refractivity contribution is -0.386. The molecule has 0 saturated carbocycles. The summed E-state index contributed by atoms with van der Waals surface area (Å²) in [7, 11) is 0. The molecule has 0 N–H and O–H groups in total. The third-order valence-electron chi connectivity index (χ3n) is 3.25. The van der Waals surface area contributed by atoms with E-state index in [1.54, 1.807) is 6.08 Å². The fourth-order valence-corrected chi connectivity index (χ4v) is 2.96. The third kappa shape index (κ3) is 4.71. The highest BCUT2D eigenvalue weighted by Crippen LogP contribution is 2.35. The molecule has 2 aromatic rings. The van der Waals surface area contributed by atoms with E-state index < -0.39 is 4.92 Å². The number of hydrogen-bond acceptors (Lipinski definition) is 6. The second-order valence-corrected chi connectivity index (χ2v) is 6.34. The molecule has 2 rings (SSSR count). The summed E-state index contributed by atoms with van der Waals surface area (Å²) in [6, 6.07) is 3.75. The first-order valence-electron chi connectivity index (χ1n) is 7.85. The summed E-state index contributed by atoms with van der Waals surface area (Å²) in [5.74, 6) is 1.47. The van der Waals surface area contributed by atoms with Crippen molar-refractivity contribution in [2.45, 2.75) is 27.2 Å². The molecule has 0 fully saturated rings. The SMILES string of the molecule is CCCOc1c(I)cc(/C=C/c2onc(C)c2[N+](=O)[O-])cc1OCC. The number of aromatic nitrogens is 1. The maximum atomic E-state index is 11.1. The van der Waals surface area contributed by atoms with Crippen LogP contribution >= 0.6 is 22.6 Å². The Balaban J connectivity index is 2.35. The van der Waals surface area contributed by atoms with Crippen molar-refractivity contribution in [3.8, 4) is 11.5 Å². The Morgan fingerprint density at radius 1 is 1.32 bits per heavy atom. The summed E-state index contributed by atoms with van der Waals surface area (Å²) in [5, 5.41) is 14.7. The molecular weight excluding hydrogens is 439 g/mol. The number of rotatable bonds is 8. The van der Waals surface area contributed by atoms with Crippen LogP contribution in [0.3, 0.4) is 0 Å². The fraction of sp³-hybridized carbons (Fsp3) is 0.353. The predicted molar refractivity (Wildman–Crippen MR) is 103 cm³/mol. The molecule has 0 radical (unpaired) electrons. The molecule has 0 atom stereocenters. The molecular formula is C17H19IN2O5. The Bertz CT molecular complexity index is 786. The molecule has 0 amide bonds. The Labute approximate surface area is 159 Å². The van der Waals surface area contributed by atoms with Gasteiger partial charge in [-0.25, -0.2) is 0 Å². The molecule has 134 valence electrons. The lowest BCUT2D eigenvalue weighted by Crippen LogP contribution is -2.02. The topological polar surface area (TPSA) is 87.6 Å². The van der Waals surface area contributed by atoms with Crippen molar-refractivity contribution in [3.63, 3.8) is 0 Å². The normalized spacial score (nSPS) is 11.0. The van der Waals surface area contributed by atoms with Gasteiger partial charge in [0, 0.05) is 0 Å². The van der Waals surface area contributed by atoms with Gasteiger partial charge in [0.05, 0.1) is 21.7 Å². The average Bonchev–Trinajstić information content (AvgIpc) is 2.93. The zero-order valence-corrected chi connectivity index (χ0v) is 16.4. The summed E-state index contributed by atoms with van der Waals surface area (Å²) >= 11 is 2.18.